The van der Waals surface area contributed by atoms with E-state index in [1.165, 1.54) is 46.0 Å². The number of fused-ring (bicyclic) bond motifs is 6. The molecule has 1 aliphatic carbocycles. The van der Waals surface area contributed by atoms with Gasteiger partial charge in [-0.2, -0.15) is 0 Å². The predicted octanol–water partition coefficient (Wildman–Crippen LogP) is 3.14. The lowest BCUT2D eigenvalue weighted by molar-refractivity contribution is 0.523. The number of hydrogen-bond donors (Lipinski definition) is 2. The molecule has 3 heteroatoms. The smallest absolute Gasteiger partial charge is 0.0603 e. The number of hydrogen-bond acceptors (Lipinski definition) is 1. The molecule has 2 atom stereocenters. The van der Waals surface area contributed by atoms with Crippen molar-refractivity contribution in [2.24, 2.45) is 5.92 Å². The summed E-state index contributed by atoms with van der Waals surface area (Å²) in [5.41, 5.74) is 4.24. The third-order valence-electron chi connectivity index (χ3n) is 3.97. The van der Waals surface area contributed by atoms with Crippen molar-refractivity contribution >= 4 is 26.8 Å². The van der Waals surface area contributed by atoms with E-state index in [4.69, 9.17) is 0 Å². The molecule has 0 radical (unpaired) electrons. The molecule has 0 amide bonds. The van der Waals surface area contributed by atoms with E-state index < -0.39 is 0 Å². The monoisotopic (exact) mass is 276 g/mol. The van der Waals surface area contributed by atoms with Crippen molar-refractivity contribution in [3.05, 3.63) is 33.9 Å². The molecule has 1 saturated heterocycles. The molecule has 2 nitrogen and oxygen atoms in total. The Morgan fingerprint density at radius 3 is 3.19 bits per heavy atom. The third kappa shape index (κ3) is 1.10. The van der Waals surface area contributed by atoms with Crippen molar-refractivity contribution in [3.8, 4) is 0 Å². The van der Waals surface area contributed by atoms with E-state index in [1.807, 2.05) is 0 Å². The summed E-state index contributed by atoms with van der Waals surface area (Å²) in [6.45, 7) is 1.18. The predicted molar refractivity (Wildman–Crippen MR) is 68.6 cm³/mol. The second kappa shape index (κ2) is 3.11. The summed E-state index contributed by atoms with van der Waals surface area (Å²) in [4.78, 5) is 3.60. The topological polar surface area (TPSA) is 27.8 Å². The van der Waals surface area contributed by atoms with Gasteiger partial charge in [-0.1, -0.05) is 12.1 Å². The van der Waals surface area contributed by atoms with Crippen molar-refractivity contribution in [2.45, 2.75) is 18.9 Å². The molecule has 4 rings (SSSR count). The lowest BCUT2D eigenvalue weighted by Crippen LogP contribution is -2.13. The van der Waals surface area contributed by atoms with Gasteiger partial charge in [0.05, 0.1) is 5.52 Å². The Morgan fingerprint density at radius 2 is 2.25 bits per heavy atom. The summed E-state index contributed by atoms with van der Waals surface area (Å²) in [6, 6.07) is 7.05. The molecule has 2 heterocycles. The van der Waals surface area contributed by atoms with Gasteiger partial charge in [0.25, 0.3) is 0 Å². The summed E-state index contributed by atoms with van der Waals surface area (Å²) >= 11 is 3.62. The van der Waals surface area contributed by atoms with E-state index in [0.29, 0.717) is 6.04 Å². The fourth-order valence-electron chi connectivity index (χ4n) is 3.29. The summed E-state index contributed by atoms with van der Waals surface area (Å²) in [7, 11) is 0. The van der Waals surface area contributed by atoms with Crippen LogP contribution in [0.15, 0.2) is 22.7 Å². The van der Waals surface area contributed by atoms with Crippen LogP contribution in [0.25, 0.3) is 10.9 Å². The van der Waals surface area contributed by atoms with Gasteiger partial charge >= 0.3 is 0 Å². The van der Waals surface area contributed by atoms with E-state index in [1.54, 1.807) is 0 Å². The van der Waals surface area contributed by atoms with Crippen molar-refractivity contribution in [1.29, 1.82) is 0 Å². The quantitative estimate of drug-likeness (QED) is 0.760. The van der Waals surface area contributed by atoms with Gasteiger partial charge < -0.3 is 10.3 Å². The highest BCUT2D eigenvalue weighted by Crippen LogP contribution is 2.42. The number of aromatic amines is 1. The van der Waals surface area contributed by atoms with Crippen LogP contribution in [0.1, 0.15) is 23.7 Å². The number of aromatic nitrogens is 1. The second-order valence-corrected chi connectivity index (χ2v) is 5.80. The minimum absolute atomic E-state index is 0.580. The van der Waals surface area contributed by atoms with E-state index in [-0.39, 0.29) is 0 Å². The van der Waals surface area contributed by atoms with Crippen LogP contribution in [-0.2, 0) is 6.42 Å². The first-order valence-corrected chi connectivity index (χ1v) is 6.64. The molecule has 2 aromatic rings. The van der Waals surface area contributed by atoms with Crippen LogP contribution >= 0.6 is 15.9 Å². The van der Waals surface area contributed by atoms with E-state index in [2.05, 4.69) is 44.4 Å². The molecule has 2 aliphatic rings. The van der Waals surface area contributed by atoms with Crippen LogP contribution < -0.4 is 5.32 Å². The number of halogens is 1. The Labute approximate surface area is 103 Å². The first-order chi connectivity index (χ1) is 7.83. The molecule has 82 valence electrons. The maximum absolute atomic E-state index is 3.64. The molecular weight excluding hydrogens is 264 g/mol. The minimum Gasteiger partial charge on any atom is -0.357 e. The summed E-state index contributed by atoms with van der Waals surface area (Å²) < 4.78 is 1.18. The highest BCUT2D eigenvalue weighted by molar-refractivity contribution is 9.10. The Balaban J connectivity index is 2.06. The summed E-state index contributed by atoms with van der Waals surface area (Å²) in [5, 5.41) is 5.03. The highest BCUT2D eigenvalue weighted by Gasteiger charge is 2.34. The number of H-pyrrole nitrogens is 1. The Kier molecular flexibility index (Phi) is 1.80. The van der Waals surface area contributed by atoms with Crippen molar-refractivity contribution in [2.75, 3.05) is 6.54 Å². The molecule has 2 N–H and O–H groups in total. The molecular formula is C13H13BrN2. The standard InChI is InChI=1S/C13H13BrN2/c14-9-3-1-2-8-12-10-4-7(6-15-10)5-11(12)16-13(8)9/h1-3,7,10,15-16H,4-6H2/t7-,10-/m0/s1. The molecule has 16 heavy (non-hydrogen) atoms. The average molecular weight is 277 g/mol. The van der Waals surface area contributed by atoms with Gasteiger partial charge in [-0.25, -0.2) is 0 Å². The van der Waals surface area contributed by atoms with Crippen LogP contribution in [0.4, 0.5) is 0 Å². The number of para-hydroxylation sites is 1. The zero-order valence-corrected chi connectivity index (χ0v) is 10.5. The lowest BCUT2D eigenvalue weighted by Gasteiger charge is -2.18. The van der Waals surface area contributed by atoms with Crippen LogP contribution in [0.5, 0.6) is 0 Å². The lowest BCUT2D eigenvalue weighted by atomic mass is 9.87. The van der Waals surface area contributed by atoms with Gasteiger partial charge in [-0.05, 0) is 52.9 Å². The van der Waals surface area contributed by atoms with E-state index >= 15 is 0 Å². The maximum atomic E-state index is 3.64. The van der Waals surface area contributed by atoms with Crippen LogP contribution in [0.3, 0.4) is 0 Å². The molecule has 0 saturated carbocycles. The van der Waals surface area contributed by atoms with Gasteiger partial charge in [-0.15, -0.1) is 0 Å². The Hall–Kier alpha value is -0.800. The fourth-order valence-corrected chi connectivity index (χ4v) is 3.75. The zero-order chi connectivity index (χ0) is 10.7. The van der Waals surface area contributed by atoms with E-state index in [0.717, 1.165) is 5.92 Å². The van der Waals surface area contributed by atoms with Crippen molar-refractivity contribution < 1.29 is 0 Å². The van der Waals surface area contributed by atoms with Gasteiger partial charge in [0.15, 0.2) is 0 Å². The molecule has 0 spiro atoms. The maximum Gasteiger partial charge on any atom is 0.0603 e. The summed E-state index contributed by atoms with van der Waals surface area (Å²) in [6.07, 6.45) is 2.52. The van der Waals surface area contributed by atoms with Gasteiger partial charge in [-0.3, -0.25) is 0 Å². The third-order valence-corrected chi connectivity index (χ3v) is 4.63. The second-order valence-electron chi connectivity index (χ2n) is 4.95. The average Bonchev–Trinajstić information content (AvgIpc) is 2.82. The van der Waals surface area contributed by atoms with Crippen LogP contribution in [0, 0.1) is 5.92 Å². The number of rotatable bonds is 0. The summed E-state index contributed by atoms with van der Waals surface area (Å²) in [5.74, 6) is 0.837. The Morgan fingerprint density at radius 1 is 1.31 bits per heavy atom. The van der Waals surface area contributed by atoms with Gasteiger partial charge in [0, 0.05) is 21.6 Å². The molecule has 2 bridgehead atoms. The minimum atomic E-state index is 0.580. The normalized spacial score (nSPS) is 27.3. The molecule has 1 aromatic carbocycles. The largest absolute Gasteiger partial charge is 0.357 e. The number of nitrogens with one attached hydrogen (secondary N) is 2. The van der Waals surface area contributed by atoms with E-state index in [9.17, 15) is 0 Å². The molecule has 0 unspecified atom stereocenters. The highest BCUT2D eigenvalue weighted by atomic mass is 79.9. The van der Waals surface area contributed by atoms with Gasteiger partial charge in [0.1, 0.15) is 0 Å². The first kappa shape index (κ1) is 9.25. The van der Waals surface area contributed by atoms with Crippen LogP contribution in [-0.4, -0.2) is 11.5 Å². The van der Waals surface area contributed by atoms with Crippen molar-refractivity contribution in [1.82, 2.24) is 10.3 Å². The zero-order valence-electron chi connectivity index (χ0n) is 8.89. The Bertz CT molecular complexity index is 573. The van der Waals surface area contributed by atoms with Crippen LogP contribution in [0.2, 0.25) is 0 Å². The SMILES string of the molecule is Brc1cccc2c3c([nH]c12)C[C@H]1CN[C@H]3C1. The molecule has 1 aromatic heterocycles. The number of benzene rings is 1. The molecule has 1 aliphatic heterocycles. The van der Waals surface area contributed by atoms with Crippen molar-refractivity contribution in [3.63, 3.8) is 0 Å². The van der Waals surface area contributed by atoms with Gasteiger partial charge in [0.2, 0.25) is 0 Å². The first-order valence-electron chi connectivity index (χ1n) is 5.85. The fraction of sp³-hybridized carbons (Fsp3) is 0.385. The molecule has 1 fully saturated rings.